The molecule has 3 saturated heterocycles. The quantitative estimate of drug-likeness (QED) is 0.169. The van der Waals surface area contributed by atoms with Crippen molar-refractivity contribution in [3.05, 3.63) is 75.3 Å². The molecule has 1 aromatic carbocycles. The number of amides is 4. The summed E-state index contributed by atoms with van der Waals surface area (Å²) in [4.78, 5) is 99.4. The van der Waals surface area contributed by atoms with Crippen LogP contribution >= 0.6 is 0 Å². The summed E-state index contributed by atoms with van der Waals surface area (Å²) in [5, 5.41) is 6.18. The second kappa shape index (κ2) is 16.2. The molecule has 312 valence electrons. The highest BCUT2D eigenvalue weighted by Crippen LogP contribution is 2.35. The number of ketones is 1. The number of piperidine rings is 2. The molecular formula is C44H50N10O6. The third kappa shape index (κ3) is 7.30. The molecule has 5 aliphatic rings. The number of hydrogen-bond acceptors (Lipinski definition) is 13. The van der Waals surface area contributed by atoms with E-state index in [1.165, 1.54) is 6.92 Å². The van der Waals surface area contributed by atoms with Crippen LogP contribution in [0.5, 0.6) is 0 Å². The number of rotatable bonds is 10. The highest BCUT2D eigenvalue weighted by Gasteiger charge is 2.45. The molecule has 2 N–H and O–H groups in total. The van der Waals surface area contributed by atoms with Crippen molar-refractivity contribution in [3.8, 4) is 0 Å². The van der Waals surface area contributed by atoms with Crippen LogP contribution in [-0.4, -0.2) is 110 Å². The molecule has 4 amide bonds. The minimum absolute atomic E-state index is 0.00167. The number of pyridine rings is 2. The van der Waals surface area contributed by atoms with E-state index in [-0.39, 0.29) is 35.8 Å². The zero-order valence-corrected chi connectivity index (χ0v) is 34.1. The van der Waals surface area contributed by atoms with Gasteiger partial charge in [-0.05, 0) is 94.7 Å². The lowest BCUT2D eigenvalue weighted by molar-refractivity contribution is -0.136. The van der Waals surface area contributed by atoms with Crippen LogP contribution < -0.4 is 26.0 Å². The van der Waals surface area contributed by atoms with Crippen molar-refractivity contribution >= 4 is 63.6 Å². The lowest BCUT2D eigenvalue weighted by atomic mass is 9.97. The molecule has 4 aliphatic heterocycles. The molecule has 4 fully saturated rings. The maximum atomic E-state index is 13.6. The predicted octanol–water partition coefficient (Wildman–Crippen LogP) is 4.53. The van der Waals surface area contributed by atoms with Crippen LogP contribution in [0, 0.1) is 6.92 Å². The molecule has 3 aromatic heterocycles. The molecule has 2 unspecified atom stereocenters. The first-order valence-corrected chi connectivity index (χ1v) is 21.3. The molecule has 1 saturated carbocycles. The first-order chi connectivity index (χ1) is 29.0. The van der Waals surface area contributed by atoms with E-state index < -0.39 is 29.7 Å². The van der Waals surface area contributed by atoms with Crippen LogP contribution in [0.2, 0.25) is 0 Å². The van der Waals surface area contributed by atoms with Gasteiger partial charge in [-0.2, -0.15) is 4.98 Å². The molecule has 0 spiro atoms. The number of fused-ring (bicyclic) bond motifs is 2. The predicted molar refractivity (Wildman–Crippen MR) is 225 cm³/mol. The van der Waals surface area contributed by atoms with E-state index in [1.807, 2.05) is 30.5 Å². The van der Waals surface area contributed by atoms with E-state index in [2.05, 4.69) is 35.3 Å². The van der Waals surface area contributed by atoms with Crippen molar-refractivity contribution in [2.45, 2.75) is 96.2 Å². The highest BCUT2D eigenvalue weighted by molar-refractivity contribution is 6.23. The summed E-state index contributed by atoms with van der Waals surface area (Å²) in [5.41, 5.74) is 3.63. The Hall–Kier alpha value is -6.03. The Labute approximate surface area is 347 Å². The second-order valence-electron chi connectivity index (χ2n) is 16.8. The number of imide groups is 2. The number of hydrogen-bond donors (Lipinski definition) is 2. The summed E-state index contributed by atoms with van der Waals surface area (Å²) in [5.74, 6) is -1.29. The van der Waals surface area contributed by atoms with Crippen molar-refractivity contribution in [2.75, 3.05) is 54.4 Å². The monoisotopic (exact) mass is 814 g/mol. The van der Waals surface area contributed by atoms with Crippen molar-refractivity contribution in [1.29, 1.82) is 0 Å². The SMILES string of the molecule is CC(=O)c1c(C)c2cnc(Nc3ccc(N4CCN(CCC5CCCCN5c5ccc6c(c5)C(=O)N(C5CCC(=O)NC5=O)C6=O)CC4)cn3)nc2n(C2CCCC2)c1=O. The van der Waals surface area contributed by atoms with Gasteiger partial charge in [0.1, 0.15) is 17.5 Å². The van der Waals surface area contributed by atoms with Crippen LogP contribution in [0.3, 0.4) is 0 Å². The summed E-state index contributed by atoms with van der Waals surface area (Å²) >= 11 is 0. The number of Topliss-reactive ketones (excluding diaryl/α,β-unsaturated/α-hetero) is 1. The number of aromatic nitrogens is 4. The molecule has 2 atom stereocenters. The second-order valence-corrected chi connectivity index (χ2v) is 16.8. The smallest absolute Gasteiger partial charge is 0.263 e. The fourth-order valence-corrected chi connectivity index (χ4v) is 9.91. The number of benzene rings is 1. The molecular weight excluding hydrogens is 765 g/mol. The lowest BCUT2D eigenvalue weighted by Gasteiger charge is -2.40. The third-order valence-electron chi connectivity index (χ3n) is 13.1. The Kier molecular flexibility index (Phi) is 10.6. The first kappa shape index (κ1) is 39.4. The van der Waals surface area contributed by atoms with Crippen LogP contribution in [0.1, 0.15) is 114 Å². The fraction of sp³-hybridized carbons (Fsp3) is 0.477. The summed E-state index contributed by atoms with van der Waals surface area (Å²) in [6.07, 6.45) is 11.8. The summed E-state index contributed by atoms with van der Waals surface area (Å²) in [6.45, 7) is 8.58. The number of nitrogens with one attached hydrogen (secondary N) is 2. The molecule has 60 heavy (non-hydrogen) atoms. The normalized spacial score (nSPS) is 21.5. The van der Waals surface area contributed by atoms with Gasteiger partial charge in [0.2, 0.25) is 17.8 Å². The Morgan fingerprint density at radius 2 is 1.58 bits per heavy atom. The Bertz CT molecular complexity index is 2450. The molecule has 0 radical (unpaired) electrons. The van der Waals surface area contributed by atoms with E-state index in [0.29, 0.717) is 45.5 Å². The van der Waals surface area contributed by atoms with Gasteiger partial charge in [-0.15, -0.1) is 0 Å². The molecule has 9 rings (SSSR count). The van der Waals surface area contributed by atoms with E-state index in [4.69, 9.17) is 4.98 Å². The Morgan fingerprint density at radius 1 is 0.833 bits per heavy atom. The molecule has 4 aromatic rings. The van der Waals surface area contributed by atoms with Crippen molar-refractivity contribution in [3.63, 3.8) is 0 Å². The molecule has 0 bridgehead atoms. The average Bonchev–Trinajstić information content (AvgIpc) is 3.86. The minimum atomic E-state index is -0.981. The van der Waals surface area contributed by atoms with Gasteiger partial charge in [0.15, 0.2) is 5.78 Å². The topological polar surface area (TPSA) is 183 Å². The number of aryl methyl sites for hydroxylation is 1. The summed E-state index contributed by atoms with van der Waals surface area (Å²) in [6, 6.07) is 8.71. The van der Waals surface area contributed by atoms with Crippen molar-refractivity contribution in [1.82, 2.24) is 34.6 Å². The van der Waals surface area contributed by atoms with Crippen LogP contribution in [-0.2, 0) is 9.59 Å². The van der Waals surface area contributed by atoms with Gasteiger partial charge in [-0.3, -0.25) is 48.5 Å². The zero-order chi connectivity index (χ0) is 41.7. The van der Waals surface area contributed by atoms with Gasteiger partial charge in [0.05, 0.1) is 28.6 Å². The van der Waals surface area contributed by atoms with Gasteiger partial charge in [-0.1, -0.05) is 12.8 Å². The minimum Gasteiger partial charge on any atom is -0.368 e. The molecule has 7 heterocycles. The van der Waals surface area contributed by atoms with Crippen molar-refractivity contribution < 1.29 is 24.0 Å². The maximum Gasteiger partial charge on any atom is 0.263 e. The van der Waals surface area contributed by atoms with Crippen LogP contribution in [0.15, 0.2) is 47.5 Å². The first-order valence-electron chi connectivity index (χ1n) is 21.3. The number of carbonyl (C=O) groups is 5. The van der Waals surface area contributed by atoms with E-state index in [1.54, 1.807) is 23.8 Å². The van der Waals surface area contributed by atoms with Crippen LogP contribution in [0.25, 0.3) is 11.0 Å². The Morgan fingerprint density at radius 3 is 2.32 bits per heavy atom. The average molecular weight is 815 g/mol. The maximum absolute atomic E-state index is 13.6. The van der Waals surface area contributed by atoms with E-state index in [0.717, 1.165) is 107 Å². The van der Waals surface area contributed by atoms with Gasteiger partial charge < -0.3 is 15.1 Å². The largest absolute Gasteiger partial charge is 0.368 e. The van der Waals surface area contributed by atoms with E-state index in [9.17, 15) is 28.8 Å². The molecule has 16 heteroatoms. The van der Waals surface area contributed by atoms with E-state index >= 15 is 0 Å². The molecule has 16 nitrogen and oxygen atoms in total. The standard InChI is InChI=1S/C44H50N10O6/c1-26-34-25-46-44(49-39(34)53(29-8-3-4-9-29)43(60)38(26)27(2)55)47-36-14-11-31(24-45-36)51-21-19-50(20-22-51)18-16-28-7-5-6-17-52(28)30-10-12-32-33(23-30)42(59)54(41(32)58)35-13-15-37(56)48-40(35)57/h10-12,14,23-25,28-29,35H,3-9,13,15-22H2,1-2H3,(H,48,56,57)(H,45,46,47,49). The number of anilines is 4. The number of carbonyl (C=O) groups excluding carboxylic acids is 5. The van der Waals surface area contributed by atoms with Gasteiger partial charge in [-0.25, -0.2) is 9.97 Å². The third-order valence-corrected chi connectivity index (χ3v) is 13.1. The lowest BCUT2D eigenvalue weighted by Crippen LogP contribution is -2.54. The zero-order valence-electron chi connectivity index (χ0n) is 34.1. The van der Waals surface area contributed by atoms with Gasteiger partial charge in [0.25, 0.3) is 17.4 Å². The Balaban J connectivity index is 0.809. The number of piperazine rings is 1. The van der Waals surface area contributed by atoms with Gasteiger partial charge in [0, 0.05) is 75.0 Å². The van der Waals surface area contributed by atoms with Crippen molar-refractivity contribution in [2.24, 2.45) is 0 Å². The fourth-order valence-electron chi connectivity index (χ4n) is 9.91. The van der Waals surface area contributed by atoms with Crippen LogP contribution in [0.4, 0.5) is 23.1 Å². The summed E-state index contributed by atoms with van der Waals surface area (Å²) < 4.78 is 1.71. The highest BCUT2D eigenvalue weighted by atomic mass is 16.2. The van der Waals surface area contributed by atoms with Gasteiger partial charge >= 0.3 is 0 Å². The molecule has 1 aliphatic carbocycles. The number of nitrogens with zero attached hydrogens (tertiary/aromatic N) is 8. The summed E-state index contributed by atoms with van der Waals surface area (Å²) in [7, 11) is 0.